The van der Waals surface area contributed by atoms with Crippen molar-refractivity contribution in [3.63, 3.8) is 0 Å². The zero-order valence-corrected chi connectivity index (χ0v) is 85.1. The van der Waals surface area contributed by atoms with Gasteiger partial charge < -0.3 is 0 Å². The maximum absolute atomic E-state index is 14.5. The number of unbranched alkanes of at least 4 members (excludes halogenated alkanes) is 60. The van der Waals surface area contributed by atoms with Crippen molar-refractivity contribution >= 4 is 31.1 Å². The molecule has 0 fully saturated rings. The molecule has 0 saturated carbocycles. The fourth-order valence-corrected chi connectivity index (χ4v) is 27.4. The predicted octanol–water partition coefficient (Wildman–Crippen LogP) is 36.1. The number of phenolic OH excluding ortho intramolecular Hbond substituents is 3. The summed E-state index contributed by atoms with van der Waals surface area (Å²) in [6.45, 7) is 33.7. The quantitative estimate of drug-likeness (QED) is 0.0218. The van der Waals surface area contributed by atoms with Crippen LogP contribution in [0.4, 0.5) is 0 Å². The minimum absolute atomic E-state index is 0.00612. The van der Waals surface area contributed by atoms with Crippen LogP contribution < -0.4 is 15.9 Å². The summed E-state index contributed by atoms with van der Waals surface area (Å²) in [5.41, 5.74) is 0.0575. The second-order valence-electron chi connectivity index (χ2n) is 41.9. The molecule has 0 atom stereocenters. The van der Waals surface area contributed by atoms with Gasteiger partial charge in [-0.2, -0.15) is 0 Å². The first kappa shape index (κ1) is 113. The van der Waals surface area contributed by atoms with Crippen molar-refractivity contribution in [3.8, 4) is 17.2 Å². The third-order valence-corrected chi connectivity index (χ3v) is 35.2. The molecule has 0 aromatic heterocycles. The molecule has 10 heteroatoms. The van der Waals surface area contributed by atoms with Gasteiger partial charge in [-0.3, -0.25) is 0 Å². The Morgan fingerprint density at radius 2 is 0.421 bits per heavy atom. The van der Waals surface area contributed by atoms with Crippen molar-refractivity contribution in [2.45, 2.75) is 589 Å². The molecule has 0 heterocycles. The molecule has 0 amide bonds. The van der Waals surface area contributed by atoms with Crippen molar-refractivity contribution in [1.29, 1.82) is 0 Å². The van der Waals surface area contributed by atoms with Gasteiger partial charge in [0.1, 0.15) is 0 Å². The molecule has 3 rings (SSSR count). The summed E-state index contributed by atoms with van der Waals surface area (Å²) >= 11 is 0. The number of phenols is 3. The summed E-state index contributed by atoms with van der Waals surface area (Å²) < 4.78 is 7.09. The van der Waals surface area contributed by atoms with E-state index in [9.17, 15) is 34.9 Å². The smallest absolute Gasteiger partial charge is 0.0654 e. The molecule has 706 valence electrons. The topological polar surface area (TPSA) is 151 Å². The molecular weight excluding hydrogens is 1520 g/mol. The van der Waals surface area contributed by atoms with E-state index in [0.717, 1.165) is 82.6 Å². The van der Waals surface area contributed by atoms with Crippen molar-refractivity contribution < 1.29 is 39.2 Å². The van der Waals surface area contributed by atoms with Crippen LogP contribution >= 0.6 is 15.2 Å². The SMILES string of the molecule is CCCCCCCCCCCCCC(CCCCCCCCCCCCC)(CCCCCCCCCCCCC)C(C)(c1cc([P+](O)(O)OP(O)(O)(c2cc(C(C)(C)C)c(O)cc2C)c2cc(C(C)(C)C)c(O)cc2C)c(C)cc1O)C(CCCCCCCCCCCCC)(CCCCCCCCCCCCC)CCCCCCCCCCCCC. The van der Waals surface area contributed by atoms with Crippen LogP contribution in [0, 0.1) is 31.6 Å². The van der Waals surface area contributed by atoms with Gasteiger partial charge in [0.25, 0.3) is 0 Å². The Morgan fingerprint density at radius 3 is 0.612 bits per heavy atom. The summed E-state index contributed by atoms with van der Waals surface area (Å²) in [4.78, 5) is 57.2. The molecule has 0 aliphatic rings. The van der Waals surface area contributed by atoms with Gasteiger partial charge in [0.2, 0.25) is 0 Å². The molecule has 3 aromatic rings. The molecule has 121 heavy (non-hydrogen) atoms. The van der Waals surface area contributed by atoms with E-state index in [1.165, 1.54) is 385 Å². The van der Waals surface area contributed by atoms with Gasteiger partial charge in [-0.25, -0.2) is 0 Å². The molecule has 7 N–H and O–H groups in total. The van der Waals surface area contributed by atoms with Gasteiger partial charge in [0.05, 0.1) is 0 Å². The molecule has 0 spiro atoms. The molecule has 0 saturated heterocycles. The van der Waals surface area contributed by atoms with Gasteiger partial charge in [-0.05, 0) is 0 Å². The van der Waals surface area contributed by atoms with Gasteiger partial charge >= 0.3 is 446 Å². The van der Waals surface area contributed by atoms with E-state index in [4.69, 9.17) is 4.31 Å². The van der Waals surface area contributed by atoms with E-state index < -0.39 is 31.5 Å². The zero-order valence-electron chi connectivity index (χ0n) is 83.3. The number of benzene rings is 3. The van der Waals surface area contributed by atoms with E-state index in [1.54, 1.807) is 38.1 Å². The zero-order chi connectivity index (χ0) is 89.2. The first-order valence-electron chi connectivity index (χ1n) is 53.1. The summed E-state index contributed by atoms with van der Waals surface area (Å²) in [6, 6.07) is 10.2. The normalized spacial score (nSPS) is 13.2. The Labute approximate surface area is 752 Å². The number of aryl methyl sites for hydroxylation is 3. The Kier molecular flexibility index (Phi) is 59.4. The number of aromatic hydroxyl groups is 3. The Bertz CT molecular complexity index is 2770. The number of rotatable bonds is 80. The van der Waals surface area contributed by atoms with Crippen LogP contribution in [0.25, 0.3) is 0 Å². The molecule has 3 aromatic carbocycles. The Hall–Kier alpha value is -2.28. The second-order valence-corrected chi connectivity index (χ2v) is 47.0. The molecule has 8 nitrogen and oxygen atoms in total. The van der Waals surface area contributed by atoms with Gasteiger partial charge in [-0.1, -0.05) is 311 Å². The number of hydrogen-bond acceptors (Lipinski definition) is 8. The summed E-state index contributed by atoms with van der Waals surface area (Å²) in [7, 11) is -11.6. The van der Waals surface area contributed by atoms with Crippen LogP contribution in [0.5, 0.6) is 17.2 Å². The van der Waals surface area contributed by atoms with Crippen molar-refractivity contribution in [2.75, 3.05) is 0 Å². The Balaban J connectivity index is 2.75. The standard InChI is InChI=1S/C111H204O8P2/c1-17-23-29-35-41-47-53-59-65-71-77-83-110(84-78-72-66-60-54-48-42-36-30-24-18-2,85-79-73-67-61-55-49-43-37-31-25-19-3)109(16,111(86-80-74-68-62-56-50-44-38-32-26-20-4,87-81-75-69-63-57-51-45-39-33-27-21-5)88-82-76-70-64-58-52-46-40-34-28-22-6)100-92-104(95(7)89-103(100)114)120(115,116)119-121(117,118,105-93-98(107(10,11)12)101(112)90-96(105)8)106-94-99(108(13,14)15)102(113)91-97(106)9/h89-94,115-118H,17-88H2,1-16H3,(H2-,112,113,114)/p+1. The fourth-order valence-electron chi connectivity index (χ4n) is 21.5. The monoisotopic (exact) mass is 1730 g/mol. The van der Waals surface area contributed by atoms with Crippen LogP contribution in [0.1, 0.15) is 586 Å². The Morgan fingerprint density at radius 1 is 0.248 bits per heavy atom. The van der Waals surface area contributed by atoms with Crippen LogP contribution in [0.2, 0.25) is 0 Å². The summed E-state index contributed by atoms with van der Waals surface area (Å²) in [5.74, 6) is 0.201. The molecule has 0 bridgehead atoms. The fraction of sp³-hybridized carbons (Fsp3) is 0.838. The van der Waals surface area contributed by atoms with Crippen LogP contribution in [0.15, 0.2) is 36.4 Å². The van der Waals surface area contributed by atoms with E-state index in [1.807, 2.05) is 60.6 Å². The number of hydrogen-bond donors (Lipinski definition) is 7. The van der Waals surface area contributed by atoms with Gasteiger partial charge in [0, 0.05) is 0 Å². The molecule has 0 unspecified atom stereocenters. The van der Waals surface area contributed by atoms with E-state index in [2.05, 4.69) is 48.5 Å². The van der Waals surface area contributed by atoms with Crippen molar-refractivity contribution in [1.82, 2.24) is 0 Å². The summed E-state index contributed by atoms with van der Waals surface area (Å²) in [6.07, 6.45) is 90.4. The van der Waals surface area contributed by atoms with Crippen LogP contribution in [-0.4, -0.2) is 34.9 Å². The average molecular weight is 1730 g/mol. The minimum Gasteiger partial charge on any atom is -0.0654 e. The van der Waals surface area contributed by atoms with Crippen molar-refractivity contribution in [2.24, 2.45) is 10.8 Å². The third-order valence-electron chi connectivity index (χ3n) is 29.2. The molecule has 0 aliphatic heterocycles. The first-order valence-corrected chi connectivity index (χ1v) is 56.8. The van der Waals surface area contributed by atoms with Gasteiger partial charge in [-0.15, -0.1) is 0 Å². The molecule has 0 aliphatic carbocycles. The van der Waals surface area contributed by atoms with E-state index >= 15 is 0 Å². The minimum atomic E-state index is -6.39. The van der Waals surface area contributed by atoms with Crippen LogP contribution in [0.3, 0.4) is 0 Å². The molecule has 0 radical (unpaired) electrons. The predicted molar refractivity (Wildman–Crippen MR) is 537 cm³/mol. The van der Waals surface area contributed by atoms with Gasteiger partial charge in [0.15, 0.2) is 0 Å². The maximum atomic E-state index is 14.5. The average Bonchev–Trinajstić information content (AvgIpc) is 0.702. The summed E-state index contributed by atoms with van der Waals surface area (Å²) in [5, 5.41) is 37.9. The molecular formula is C111H205O8P2+. The van der Waals surface area contributed by atoms with E-state index in [0.29, 0.717) is 27.8 Å². The third kappa shape index (κ3) is 41.6. The van der Waals surface area contributed by atoms with Crippen LogP contribution in [-0.2, 0) is 20.6 Å². The first-order chi connectivity index (χ1) is 58.0. The second kappa shape index (κ2) is 63.7. The van der Waals surface area contributed by atoms with Crippen molar-refractivity contribution in [3.05, 3.63) is 69.8 Å². The van der Waals surface area contributed by atoms with E-state index in [-0.39, 0.29) is 44.0 Å².